The normalized spacial score (nSPS) is 14.6. The molecule has 0 fully saturated rings. The number of hydrogen-bond donors (Lipinski definition) is 3. The molecule has 0 radical (unpaired) electrons. The number of esters is 4. The van der Waals surface area contributed by atoms with Gasteiger partial charge in [-0.15, -0.1) is 0 Å². The summed E-state index contributed by atoms with van der Waals surface area (Å²) < 4.78 is 68.2. The topological polar surface area (TPSA) is 237 Å². The summed E-state index contributed by atoms with van der Waals surface area (Å²) in [5, 5.41) is 10.6. The van der Waals surface area contributed by atoms with Gasteiger partial charge in [0.1, 0.15) is 19.3 Å². The van der Waals surface area contributed by atoms with Crippen LogP contribution in [0.25, 0.3) is 0 Å². The number of unbranched alkanes of at least 4 members (excludes halogenated alkanes) is 32. The second-order valence-electron chi connectivity index (χ2n) is 26.9. The minimum Gasteiger partial charge on any atom is -0.462 e. The number of carbonyl (C=O) groups excluding carboxylic acids is 4. The van der Waals surface area contributed by atoms with Crippen LogP contribution < -0.4 is 0 Å². The van der Waals surface area contributed by atoms with Crippen molar-refractivity contribution in [2.24, 2.45) is 23.7 Å². The number of phosphoric acid groups is 2. The van der Waals surface area contributed by atoms with E-state index in [2.05, 4.69) is 55.4 Å². The number of carbonyl (C=O) groups is 4. The molecule has 528 valence electrons. The first kappa shape index (κ1) is 87.1. The number of phosphoric ester groups is 2. The van der Waals surface area contributed by atoms with Crippen molar-refractivity contribution in [2.45, 2.75) is 363 Å². The molecule has 0 aromatic heterocycles. The van der Waals surface area contributed by atoms with Crippen molar-refractivity contribution in [3.05, 3.63) is 0 Å². The molecule has 0 heterocycles. The van der Waals surface area contributed by atoms with Crippen LogP contribution in [0.1, 0.15) is 344 Å². The maximum Gasteiger partial charge on any atom is 0.472 e. The molecule has 0 saturated carbocycles. The quantitative estimate of drug-likeness (QED) is 0.0222. The lowest BCUT2D eigenvalue weighted by Crippen LogP contribution is -2.30. The number of ether oxygens (including phenoxy) is 4. The van der Waals surface area contributed by atoms with E-state index in [0.29, 0.717) is 31.6 Å². The Labute approximate surface area is 543 Å². The van der Waals surface area contributed by atoms with Crippen LogP contribution in [0.4, 0.5) is 0 Å². The average molecular weight is 1310 g/mol. The molecule has 17 nitrogen and oxygen atoms in total. The van der Waals surface area contributed by atoms with Crippen molar-refractivity contribution in [3.8, 4) is 0 Å². The molecule has 3 unspecified atom stereocenters. The lowest BCUT2D eigenvalue weighted by Gasteiger charge is -2.21. The van der Waals surface area contributed by atoms with Crippen LogP contribution in [0.15, 0.2) is 0 Å². The summed E-state index contributed by atoms with van der Waals surface area (Å²) >= 11 is 0. The molecule has 0 saturated heterocycles. The second-order valence-corrected chi connectivity index (χ2v) is 29.8. The third kappa shape index (κ3) is 63.2. The predicted octanol–water partition coefficient (Wildman–Crippen LogP) is 19.7. The Morgan fingerprint density at radius 2 is 0.539 bits per heavy atom. The van der Waals surface area contributed by atoms with Crippen LogP contribution >= 0.6 is 15.6 Å². The van der Waals surface area contributed by atoms with Gasteiger partial charge in [-0.2, -0.15) is 0 Å². The first-order valence-corrected chi connectivity index (χ1v) is 39.2. The molecule has 0 aliphatic heterocycles. The van der Waals surface area contributed by atoms with Crippen LogP contribution in [0, 0.1) is 23.7 Å². The van der Waals surface area contributed by atoms with Gasteiger partial charge in [-0.25, -0.2) is 9.13 Å². The molecule has 19 heteroatoms. The first-order valence-electron chi connectivity index (χ1n) is 36.2. The Hall–Kier alpha value is -1.94. The van der Waals surface area contributed by atoms with Gasteiger partial charge in [0.15, 0.2) is 12.2 Å². The van der Waals surface area contributed by atoms with Crippen molar-refractivity contribution in [1.29, 1.82) is 0 Å². The molecule has 0 amide bonds. The van der Waals surface area contributed by atoms with E-state index in [1.807, 2.05) is 0 Å². The van der Waals surface area contributed by atoms with Gasteiger partial charge in [0.25, 0.3) is 0 Å². The summed E-state index contributed by atoms with van der Waals surface area (Å²) in [6.07, 6.45) is 42.0. The Morgan fingerprint density at radius 1 is 0.315 bits per heavy atom. The molecule has 0 aromatic rings. The van der Waals surface area contributed by atoms with Gasteiger partial charge in [0, 0.05) is 25.7 Å². The van der Waals surface area contributed by atoms with Gasteiger partial charge >= 0.3 is 39.5 Å². The van der Waals surface area contributed by atoms with Crippen molar-refractivity contribution < 1.29 is 80.2 Å². The highest BCUT2D eigenvalue weighted by Crippen LogP contribution is 2.45. The Bertz CT molecular complexity index is 1770. The molecule has 0 spiro atoms. The third-order valence-electron chi connectivity index (χ3n) is 16.4. The Kier molecular flexibility index (Phi) is 58.5. The average Bonchev–Trinajstić information content (AvgIpc) is 3.68. The third-order valence-corrected chi connectivity index (χ3v) is 18.3. The summed E-state index contributed by atoms with van der Waals surface area (Å²) in [7, 11) is -9.90. The van der Waals surface area contributed by atoms with Gasteiger partial charge in [-0.3, -0.25) is 37.3 Å². The zero-order valence-corrected chi connectivity index (χ0v) is 59.8. The smallest absolute Gasteiger partial charge is 0.462 e. The van der Waals surface area contributed by atoms with Gasteiger partial charge in [-0.1, -0.05) is 293 Å². The van der Waals surface area contributed by atoms with E-state index in [9.17, 15) is 43.2 Å². The predicted molar refractivity (Wildman–Crippen MR) is 358 cm³/mol. The Balaban J connectivity index is 5.20. The van der Waals surface area contributed by atoms with Gasteiger partial charge in [0.05, 0.1) is 26.4 Å². The molecule has 0 aliphatic carbocycles. The largest absolute Gasteiger partial charge is 0.472 e. The van der Waals surface area contributed by atoms with E-state index in [-0.39, 0.29) is 25.7 Å². The van der Waals surface area contributed by atoms with Crippen LogP contribution in [0.5, 0.6) is 0 Å². The summed E-state index contributed by atoms with van der Waals surface area (Å²) in [5.74, 6) is 0.800. The lowest BCUT2D eigenvalue weighted by molar-refractivity contribution is -0.161. The zero-order valence-electron chi connectivity index (χ0n) is 58.1. The van der Waals surface area contributed by atoms with Crippen molar-refractivity contribution in [2.75, 3.05) is 39.6 Å². The molecule has 0 aliphatic rings. The van der Waals surface area contributed by atoms with E-state index >= 15 is 0 Å². The molecule has 0 rings (SSSR count). The van der Waals surface area contributed by atoms with E-state index in [0.717, 1.165) is 114 Å². The van der Waals surface area contributed by atoms with Crippen LogP contribution in [-0.4, -0.2) is 96.7 Å². The van der Waals surface area contributed by atoms with E-state index in [4.69, 9.17) is 37.0 Å². The summed E-state index contributed by atoms with van der Waals surface area (Å²) in [6.45, 7) is 14.0. The maximum atomic E-state index is 13.0. The molecule has 6 atom stereocenters. The number of aliphatic hydroxyl groups excluding tert-OH is 1. The lowest BCUT2D eigenvalue weighted by atomic mass is 10.00. The van der Waals surface area contributed by atoms with Crippen LogP contribution in [0.3, 0.4) is 0 Å². The SMILES string of the molecule is CCC(C)CCCCCCCCC(=O)OC[C@H](COP(=O)(O)OC[C@H](O)COP(=O)(O)OC[C@@H](COC(=O)CCCCCCCCCCC(C)C)OC(=O)CCCCCCCCCCCCCCCCCCC(C)C)OC(=O)CCCCCCCCC(C)C. The summed E-state index contributed by atoms with van der Waals surface area (Å²) in [5.41, 5.74) is 0. The van der Waals surface area contributed by atoms with E-state index in [1.165, 1.54) is 141 Å². The molecular weight excluding hydrogens is 1170 g/mol. The van der Waals surface area contributed by atoms with Gasteiger partial charge < -0.3 is 33.8 Å². The zero-order chi connectivity index (χ0) is 66.1. The standard InChI is InChI=1S/C70H136O17P2/c1-9-63(8)49-41-33-27-29-35-43-51-68(73)81-57-66(87-70(75)53-45-37-28-26-32-40-48-62(6)7)59-85-89(78,79)83-55-64(71)54-82-88(76,77)84-58-65(56-80-67(72)50-42-34-24-21-20-23-31-39-47-61(4)5)86-69(74)52-44-36-25-19-17-15-13-11-10-12-14-16-18-22-30-38-46-60(2)3/h60-66,71H,9-59H2,1-8H3,(H,76,77)(H,78,79)/t63?,64-,65-,66-/m1/s1. The highest BCUT2D eigenvalue weighted by Gasteiger charge is 2.30. The van der Waals surface area contributed by atoms with Crippen LogP contribution in [-0.2, 0) is 65.4 Å². The highest BCUT2D eigenvalue weighted by molar-refractivity contribution is 7.47. The molecule has 0 aromatic carbocycles. The maximum absolute atomic E-state index is 13.0. The fourth-order valence-electron chi connectivity index (χ4n) is 10.5. The minimum absolute atomic E-state index is 0.101. The molecule has 0 bridgehead atoms. The fraction of sp³-hybridized carbons (Fsp3) is 0.943. The van der Waals surface area contributed by atoms with Crippen molar-refractivity contribution >= 4 is 39.5 Å². The summed E-state index contributed by atoms with van der Waals surface area (Å²) in [4.78, 5) is 72.4. The van der Waals surface area contributed by atoms with E-state index in [1.54, 1.807) is 0 Å². The second kappa shape index (κ2) is 59.8. The minimum atomic E-state index is -4.95. The molecule has 89 heavy (non-hydrogen) atoms. The number of rotatable bonds is 67. The fourth-order valence-corrected chi connectivity index (χ4v) is 12.0. The highest BCUT2D eigenvalue weighted by atomic mass is 31.2. The van der Waals surface area contributed by atoms with Crippen molar-refractivity contribution in [3.63, 3.8) is 0 Å². The van der Waals surface area contributed by atoms with Gasteiger partial charge in [0.2, 0.25) is 0 Å². The first-order chi connectivity index (χ1) is 42.6. The van der Waals surface area contributed by atoms with E-state index < -0.39 is 97.5 Å². The van der Waals surface area contributed by atoms with Crippen molar-refractivity contribution in [1.82, 2.24) is 0 Å². The molecular formula is C70H136O17P2. The number of hydrogen-bond acceptors (Lipinski definition) is 15. The van der Waals surface area contributed by atoms with Crippen LogP contribution in [0.2, 0.25) is 0 Å². The monoisotopic (exact) mass is 1310 g/mol. The number of aliphatic hydroxyl groups is 1. The van der Waals surface area contributed by atoms with Gasteiger partial charge in [-0.05, 0) is 49.4 Å². The summed E-state index contributed by atoms with van der Waals surface area (Å²) in [6, 6.07) is 0. The molecule has 3 N–H and O–H groups in total. The Morgan fingerprint density at radius 3 is 0.798 bits per heavy atom.